The predicted molar refractivity (Wildman–Crippen MR) is 57.2 cm³/mol. The maximum absolute atomic E-state index is 8.96. The van der Waals surface area contributed by atoms with Crippen LogP contribution in [-0.2, 0) is 4.74 Å². The number of hydrogen-bond donors (Lipinski definition) is 2. The van der Waals surface area contributed by atoms with Gasteiger partial charge in [-0.15, -0.1) is 0 Å². The Labute approximate surface area is 87.1 Å². The molecule has 0 unspecified atom stereocenters. The molecule has 0 atom stereocenters. The minimum atomic E-state index is -0.120. The fourth-order valence-electron chi connectivity index (χ4n) is 1.06. The zero-order valence-corrected chi connectivity index (χ0v) is 9.46. The quantitative estimate of drug-likeness (QED) is 0.561. The van der Waals surface area contributed by atoms with E-state index in [1.807, 2.05) is 13.8 Å². The number of unbranched alkanes of at least 4 members (excludes halogenated alkanes) is 3. The Bertz CT molecular complexity index is 124. The summed E-state index contributed by atoms with van der Waals surface area (Å²) in [6.07, 6.45) is 4.12. The lowest BCUT2D eigenvalue weighted by Gasteiger charge is -2.21. The summed E-state index contributed by atoms with van der Waals surface area (Å²) in [6, 6.07) is 0. The number of ether oxygens (including phenoxy) is 1. The van der Waals surface area contributed by atoms with Crippen molar-refractivity contribution in [1.82, 2.24) is 0 Å². The molecule has 0 rings (SSSR count). The van der Waals surface area contributed by atoms with Gasteiger partial charge in [0.05, 0.1) is 13.2 Å². The predicted octanol–water partition coefficient (Wildman–Crippen LogP) is 1.57. The van der Waals surface area contributed by atoms with Gasteiger partial charge in [-0.25, -0.2) is 0 Å². The van der Waals surface area contributed by atoms with E-state index >= 15 is 0 Å². The topological polar surface area (TPSA) is 49.7 Å². The third-order valence-corrected chi connectivity index (χ3v) is 2.12. The monoisotopic (exact) mass is 204 g/mol. The average Bonchev–Trinajstić information content (AvgIpc) is 2.16. The van der Waals surface area contributed by atoms with Crippen molar-refractivity contribution in [2.45, 2.75) is 39.5 Å². The van der Waals surface area contributed by atoms with Gasteiger partial charge in [0, 0.05) is 18.6 Å². The molecule has 0 fully saturated rings. The zero-order valence-electron chi connectivity index (χ0n) is 9.46. The number of hydrogen-bond acceptors (Lipinski definition) is 3. The Balaban J connectivity index is 3.13. The lowest BCUT2D eigenvalue weighted by Crippen LogP contribution is -2.23. The lowest BCUT2D eigenvalue weighted by molar-refractivity contribution is 0.0265. The SMILES string of the molecule is CC(C)(CO)COCCCCCCO. The summed E-state index contributed by atoms with van der Waals surface area (Å²) in [5, 5.41) is 17.5. The van der Waals surface area contributed by atoms with Crippen molar-refractivity contribution in [2.24, 2.45) is 5.41 Å². The largest absolute Gasteiger partial charge is 0.396 e. The van der Waals surface area contributed by atoms with Crippen LogP contribution in [0.25, 0.3) is 0 Å². The summed E-state index contributed by atoms with van der Waals surface area (Å²) in [5.41, 5.74) is -0.120. The normalized spacial score (nSPS) is 12.0. The van der Waals surface area contributed by atoms with Crippen LogP contribution >= 0.6 is 0 Å². The molecule has 0 aliphatic heterocycles. The lowest BCUT2D eigenvalue weighted by atomic mass is 9.97. The summed E-state index contributed by atoms with van der Waals surface area (Å²) in [7, 11) is 0. The second-order valence-electron chi connectivity index (χ2n) is 4.51. The molecular weight excluding hydrogens is 180 g/mol. The van der Waals surface area contributed by atoms with Crippen LogP contribution in [0.15, 0.2) is 0 Å². The second kappa shape index (κ2) is 8.21. The number of aliphatic hydroxyl groups is 2. The van der Waals surface area contributed by atoms with Crippen molar-refractivity contribution in [3.8, 4) is 0 Å². The van der Waals surface area contributed by atoms with Gasteiger partial charge < -0.3 is 14.9 Å². The maximum Gasteiger partial charge on any atom is 0.0539 e. The molecule has 0 aliphatic rings. The minimum absolute atomic E-state index is 0.120. The fraction of sp³-hybridized carbons (Fsp3) is 1.00. The Morgan fingerprint density at radius 3 is 2.21 bits per heavy atom. The van der Waals surface area contributed by atoms with Gasteiger partial charge in [0.2, 0.25) is 0 Å². The van der Waals surface area contributed by atoms with E-state index in [9.17, 15) is 0 Å². The standard InChI is InChI=1S/C11H24O3/c1-11(2,9-13)10-14-8-6-4-3-5-7-12/h12-13H,3-10H2,1-2H3. The summed E-state index contributed by atoms with van der Waals surface area (Å²) in [4.78, 5) is 0. The van der Waals surface area contributed by atoms with Gasteiger partial charge in [-0.05, 0) is 12.8 Å². The van der Waals surface area contributed by atoms with E-state index in [4.69, 9.17) is 14.9 Å². The van der Waals surface area contributed by atoms with E-state index < -0.39 is 0 Å². The second-order valence-corrected chi connectivity index (χ2v) is 4.51. The van der Waals surface area contributed by atoms with Crippen molar-refractivity contribution in [3.63, 3.8) is 0 Å². The van der Waals surface area contributed by atoms with E-state index in [0.717, 1.165) is 32.3 Å². The third-order valence-electron chi connectivity index (χ3n) is 2.12. The molecule has 0 aliphatic carbocycles. The van der Waals surface area contributed by atoms with Crippen LogP contribution in [0.5, 0.6) is 0 Å². The fourth-order valence-corrected chi connectivity index (χ4v) is 1.06. The van der Waals surface area contributed by atoms with Gasteiger partial charge in [-0.3, -0.25) is 0 Å². The minimum Gasteiger partial charge on any atom is -0.396 e. The van der Waals surface area contributed by atoms with Gasteiger partial charge in [0.1, 0.15) is 0 Å². The third kappa shape index (κ3) is 8.48. The molecule has 3 heteroatoms. The van der Waals surface area contributed by atoms with E-state index in [1.54, 1.807) is 0 Å². The molecule has 3 nitrogen and oxygen atoms in total. The van der Waals surface area contributed by atoms with Crippen LogP contribution in [0.3, 0.4) is 0 Å². The van der Waals surface area contributed by atoms with Crippen molar-refractivity contribution < 1.29 is 14.9 Å². The molecule has 0 aromatic heterocycles. The molecule has 0 amide bonds. The highest BCUT2D eigenvalue weighted by atomic mass is 16.5. The molecule has 0 saturated heterocycles. The molecule has 14 heavy (non-hydrogen) atoms. The summed E-state index contributed by atoms with van der Waals surface area (Å²) in [5.74, 6) is 0. The van der Waals surface area contributed by atoms with Crippen LogP contribution in [0.1, 0.15) is 39.5 Å². The van der Waals surface area contributed by atoms with E-state index in [1.165, 1.54) is 0 Å². The molecule has 0 saturated carbocycles. The molecule has 0 aromatic rings. The Kier molecular flexibility index (Phi) is 8.14. The van der Waals surface area contributed by atoms with Crippen LogP contribution in [-0.4, -0.2) is 36.6 Å². The molecule has 0 bridgehead atoms. The highest BCUT2D eigenvalue weighted by molar-refractivity contribution is 4.65. The van der Waals surface area contributed by atoms with Gasteiger partial charge >= 0.3 is 0 Å². The summed E-state index contributed by atoms with van der Waals surface area (Å²) < 4.78 is 5.45. The first kappa shape index (κ1) is 13.9. The molecule has 86 valence electrons. The Morgan fingerprint density at radius 2 is 1.64 bits per heavy atom. The highest BCUT2D eigenvalue weighted by Crippen LogP contribution is 2.13. The van der Waals surface area contributed by atoms with Crippen molar-refractivity contribution >= 4 is 0 Å². The average molecular weight is 204 g/mol. The number of aliphatic hydroxyl groups excluding tert-OH is 2. The molecular formula is C11H24O3. The van der Waals surface area contributed by atoms with Crippen molar-refractivity contribution in [3.05, 3.63) is 0 Å². The first-order valence-corrected chi connectivity index (χ1v) is 5.42. The summed E-state index contributed by atoms with van der Waals surface area (Å²) in [6.45, 7) is 5.80. The zero-order chi connectivity index (χ0) is 10.9. The van der Waals surface area contributed by atoms with Gasteiger partial charge in [0.15, 0.2) is 0 Å². The van der Waals surface area contributed by atoms with Gasteiger partial charge in [-0.2, -0.15) is 0 Å². The van der Waals surface area contributed by atoms with Crippen LogP contribution in [0.2, 0.25) is 0 Å². The van der Waals surface area contributed by atoms with Crippen LogP contribution in [0.4, 0.5) is 0 Å². The van der Waals surface area contributed by atoms with E-state index in [-0.39, 0.29) is 12.0 Å². The maximum atomic E-state index is 8.96. The van der Waals surface area contributed by atoms with Crippen LogP contribution < -0.4 is 0 Å². The van der Waals surface area contributed by atoms with E-state index in [2.05, 4.69) is 0 Å². The molecule has 2 N–H and O–H groups in total. The molecule has 0 heterocycles. The molecule has 0 radical (unpaired) electrons. The Morgan fingerprint density at radius 1 is 1.00 bits per heavy atom. The smallest absolute Gasteiger partial charge is 0.0539 e. The van der Waals surface area contributed by atoms with Crippen molar-refractivity contribution in [1.29, 1.82) is 0 Å². The Hall–Kier alpha value is -0.120. The van der Waals surface area contributed by atoms with E-state index in [0.29, 0.717) is 13.2 Å². The van der Waals surface area contributed by atoms with Crippen LogP contribution in [0, 0.1) is 5.41 Å². The molecule has 0 spiro atoms. The highest BCUT2D eigenvalue weighted by Gasteiger charge is 2.15. The van der Waals surface area contributed by atoms with Crippen molar-refractivity contribution in [2.75, 3.05) is 26.4 Å². The number of rotatable bonds is 9. The summed E-state index contributed by atoms with van der Waals surface area (Å²) >= 11 is 0. The van der Waals surface area contributed by atoms with Gasteiger partial charge in [-0.1, -0.05) is 26.7 Å². The van der Waals surface area contributed by atoms with Gasteiger partial charge in [0.25, 0.3) is 0 Å². The first-order chi connectivity index (χ1) is 6.62. The molecule has 0 aromatic carbocycles. The first-order valence-electron chi connectivity index (χ1n) is 5.42.